The van der Waals surface area contributed by atoms with Gasteiger partial charge in [0.05, 0.1) is 6.61 Å². The number of nitrogens with one attached hydrogen (secondary N) is 2. The van der Waals surface area contributed by atoms with Gasteiger partial charge in [-0.3, -0.25) is 14.6 Å². The smallest absolute Gasteiger partial charge is 0.255 e. The zero-order valence-corrected chi connectivity index (χ0v) is 22.7. The lowest BCUT2D eigenvalue weighted by molar-refractivity contribution is 0.102. The molecule has 0 spiro atoms. The molecule has 0 radical (unpaired) electrons. The Hall–Kier alpha value is -4.27. The number of nitrogens with zero attached hydrogens (tertiary/aromatic N) is 1. The van der Waals surface area contributed by atoms with E-state index in [1.807, 2.05) is 50.4 Å². The van der Waals surface area contributed by atoms with Gasteiger partial charge in [0.15, 0.2) is 6.29 Å². The predicted molar refractivity (Wildman–Crippen MR) is 157 cm³/mol. The lowest BCUT2D eigenvalue weighted by Gasteiger charge is -2.12. The normalized spacial score (nSPS) is 13.3. The molecule has 1 fully saturated rings. The molecule has 1 amide bonds. The maximum atomic E-state index is 12.8. The zero-order valence-electron chi connectivity index (χ0n) is 22.7. The van der Waals surface area contributed by atoms with Crippen LogP contribution in [0, 0.1) is 6.92 Å². The number of benzene rings is 2. The molecule has 0 aliphatic heterocycles. The highest BCUT2D eigenvalue weighted by atomic mass is 16.5. The van der Waals surface area contributed by atoms with Gasteiger partial charge in [-0.05, 0) is 97.5 Å². The van der Waals surface area contributed by atoms with Crippen molar-refractivity contribution in [2.45, 2.75) is 25.7 Å². The van der Waals surface area contributed by atoms with Crippen molar-refractivity contribution in [2.75, 3.05) is 32.6 Å². The van der Waals surface area contributed by atoms with Crippen LogP contribution in [-0.4, -0.2) is 44.5 Å². The number of likely N-dealkylation sites (N-methyl/N-ethyl adjacent to an activating group) is 1. The Bertz CT molecular complexity index is 1340. The maximum absolute atomic E-state index is 12.8. The molecule has 1 saturated carbocycles. The van der Waals surface area contributed by atoms with Gasteiger partial charge in [-0.2, -0.15) is 0 Å². The van der Waals surface area contributed by atoms with Gasteiger partial charge < -0.3 is 26.8 Å². The van der Waals surface area contributed by atoms with E-state index >= 15 is 0 Å². The highest BCUT2D eigenvalue weighted by Gasteiger charge is 2.24. The van der Waals surface area contributed by atoms with Crippen molar-refractivity contribution in [2.24, 2.45) is 11.5 Å². The standard InChI is InChI=1S/C27H26N4O2.C4H11NO/c1-17-5-8-23(31-27(33)21-4-2-3-19(11-21)18-6-7-18)14-25(17)26(29)13-22(15-28)20-9-10-30-24(12-20)16-32;1-5-3-4-6-2/h2-5,8-16,18H,6-7,28-29H2,1H3,(H,31,33);5H,3-4H2,1-2H3/b22-15+,26-13-;. The van der Waals surface area contributed by atoms with Gasteiger partial charge in [0, 0.05) is 48.6 Å². The van der Waals surface area contributed by atoms with E-state index < -0.39 is 0 Å². The van der Waals surface area contributed by atoms with Crippen LogP contribution in [0.2, 0.25) is 0 Å². The molecule has 8 heteroatoms. The highest BCUT2D eigenvalue weighted by molar-refractivity contribution is 6.04. The maximum Gasteiger partial charge on any atom is 0.255 e. The number of aldehydes is 1. The molecule has 6 N–H and O–H groups in total. The average molecular weight is 528 g/mol. The third kappa shape index (κ3) is 8.63. The van der Waals surface area contributed by atoms with Crippen LogP contribution in [-0.2, 0) is 4.74 Å². The summed E-state index contributed by atoms with van der Waals surface area (Å²) in [6.45, 7) is 3.69. The van der Waals surface area contributed by atoms with E-state index in [9.17, 15) is 9.59 Å². The Morgan fingerprint density at radius 1 is 1.13 bits per heavy atom. The molecule has 204 valence electrons. The first-order valence-corrected chi connectivity index (χ1v) is 12.9. The fourth-order valence-electron chi connectivity index (χ4n) is 3.93. The minimum atomic E-state index is -0.157. The number of aromatic nitrogens is 1. The van der Waals surface area contributed by atoms with Crippen LogP contribution in [0.3, 0.4) is 0 Å². The molecule has 0 unspecified atom stereocenters. The lowest BCUT2D eigenvalue weighted by Crippen LogP contribution is -2.12. The third-order valence-electron chi connectivity index (χ3n) is 6.29. The molecule has 1 heterocycles. The van der Waals surface area contributed by atoms with Gasteiger partial charge in [0.1, 0.15) is 5.69 Å². The summed E-state index contributed by atoms with van der Waals surface area (Å²) in [5.74, 6) is 0.428. The quantitative estimate of drug-likeness (QED) is 0.174. The van der Waals surface area contributed by atoms with Gasteiger partial charge in [-0.15, -0.1) is 0 Å². The van der Waals surface area contributed by atoms with Crippen molar-refractivity contribution in [3.8, 4) is 0 Å². The van der Waals surface area contributed by atoms with Crippen LogP contribution in [0.1, 0.15) is 61.9 Å². The second-order valence-electron chi connectivity index (χ2n) is 9.29. The number of carbonyl (C=O) groups is 2. The number of nitrogens with two attached hydrogens (primary N) is 2. The summed E-state index contributed by atoms with van der Waals surface area (Å²) < 4.78 is 4.72. The van der Waals surface area contributed by atoms with Crippen molar-refractivity contribution in [3.05, 3.63) is 107 Å². The number of methoxy groups -OCH3 is 1. The summed E-state index contributed by atoms with van der Waals surface area (Å²) in [4.78, 5) is 27.9. The predicted octanol–water partition coefficient (Wildman–Crippen LogP) is 4.48. The summed E-state index contributed by atoms with van der Waals surface area (Å²) in [5, 5.41) is 5.92. The summed E-state index contributed by atoms with van der Waals surface area (Å²) in [6, 6.07) is 16.8. The summed E-state index contributed by atoms with van der Waals surface area (Å²) in [6.07, 6.45) is 7.79. The van der Waals surface area contributed by atoms with Crippen LogP contribution in [0.4, 0.5) is 5.69 Å². The van der Waals surface area contributed by atoms with E-state index in [0.717, 1.165) is 29.8 Å². The number of hydrogen-bond acceptors (Lipinski definition) is 7. The molecule has 8 nitrogen and oxygen atoms in total. The number of pyridine rings is 1. The van der Waals surface area contributed by atoms with E-state index in [0.29, 0.717) is 40.4 Å². The van der Waals surface area contributed by atoms with E-state index in [-0.39, 0.29) is 5.91 Å². The molecule has 1 aliphatic rings. The van der Waals surface area contributed by atoms with Crippen molar-refractivity contribution < 1.29 is 14.3 Å². The van der Waals surface area contributed by atoms with Crippen LogP contribution < -0.4 is 22.1 Å². The topological polar surface area (TPSA) is 132 Å². The number of ether oxygens (including phenoxy) is 1. The molecule has 0 bridgehead atoms. The summed E-state index contributed by atoms with van der Waals surface area (Å²) in [5.41, 5.74) is 18.7. The Balaban J connectivity index is 0.000000631. The van der Waals surface area contributed by atoms with Crippen molar-refractivity contribution >= 4 is 29.2 Å². The third-order valence-corrected chi connectivity index (χ3v) is 6.29. The van der Waals surface area contributed by atoms with Crippen LogP contribution in [0.25, 0.3) is 11.3 Å². The van der Waals surface area contributed by atoms with E-state index in [1.54, 1.807) is 31.5 Å². The minimum absolute atomic E-state index is 0.157. The summed E-state index contributed by atoms with van der Waals surface area (Å²) in [7, 11) is 3.59. The van der Waals surface area contributed by atoms with E-state index in [1.165, 1.54) is 24.6 Å². The van der Waals surface area contributed by atoms with Gasteiger partial charge in [0.25, 0.3) is 5.91 Å². The minimum Gasteiger partial charge on any atom is -0.404 e. The first-order valence-electron chi connectivity index (χ1n) is 12.9. The first kappa shape index (κ1) is 29.3. The van der Waals surface area contributed by atoms with Crippen molar-refractivity contribution in [3.63, 3.8) is 0 Å². The van der Waals surface area contributed by atoms with Gasteiger partial charge in [-0.25, -0.2) is 0 Å². The molecular weight excluding hydrogens is 490 g/mol. The molecule has 3 aromatic rings. The monoisotopic (exact) mass is 527 g/mol. The van der Waals surface area contributed by atoms with E-state index in [4.69, 9.17) is 16.2 Å². The Morgan fingerprint density at radius 3 is 2.56 bits per heavy atom. The molecule has 1 aliphatic carbocycles. The molecule has 4 rings (SSSR count). The Labute approximate surface area is 230 Å². The number of allylic oxidation sites excluding steroid dienone is 2. The number of rotatable bonds is 10. The average Bonchev–Trinajstić information content (AvgIpc) is 3.82. The fraction of sp³-hybridized carbons (Fsp3) is 0.258. The molecule has 1 aromatic heterocycles. The molecule has 0 saturated heterocycles. The SMILES string of the molecule is CNCCOC.Cc1ccc(NC(=O)c2cccc(C3CC3)c2)cc1/C(N)=C/C(=C\N)c1ccnc(C=O)c1. The van der Waals surface area contributed by atoms with Crippen molar-refractivity contribution in [1.29, 1.82) is 0 Å². The number of anilines is 1. The Kier molecular flexibility index (Phi) is 11.0. The van der Waals surface area contributed by atoms with Crippen LogP contribution >= 0.6 is 0 Å². The zero-order chi connectivity index (χ0) is 28.2. The van der Waals surface area contributed by atoms with Crippen molar-refractivity contribution in [1.82, 2.24) is 10.3 Å². The number of carbonyl (C=O) groups excluding carboxylic acids is 2. The number of aryl methyl sites for hydroxylation is 1. The lowest BCUT2D eigenvalue weighted by atomic mass is 10.0. The fourth-order valence-corrected chi connectivity index (χ4v) is 3.93. The number of amides is 1. The van der Waals surface area contributed by atoms with Gasteiger partial charge in [-0.1, -0.05) is 18.2 Å². The molecule has 2 aromatic carbocycles. The number of hydrogen-bond donors (Lipinski definition) is 4. The van der Waals surface area contributed by atoms with E-state index in [2.05, 4.69) is 21.7 Å². The van der Waals surface area contributed by atoms with Crippen LogP contribution in [0.15, 0.2) is 73.1 Å². The highest BCUT2D eigenvalue weighted by Crippen LogP contribution is 2.40. The summed E-state index contributed by atoms with van der Waals surface area (Å²) >= 11 is 0. The molecular formula is C31H37N5O3. The molecule has 39 heavy (non-hydrogen) atoms. The van der Waals surface area contributed by atoms with Gasteiger partial charge in [0.2, 0.25) is 0 Å². The van der Waals surface area contributed by atoms with Gasteiger partial charge >= 0.3 is 0 Å². The second-order valence-corrected chi connectivity index (χ2v) is 9.29. The largest absolute Gasteiger partial charge is 0.404 e. The second kappa shape index (κ2) is 14.6. The van der Waals surface area contributed by atoms with Crippen LogP contribution in [0.5, 0.6) is 0 Å². The Morgan fingerprint density at radius 2 is 1.92 bits per heavy atom. The molecule has 0 atom stereocenters. The first-order chi connectivity index (χ1) is 18.9.